The van der Waals surface area contributed by atoms with Gasteiger partial charge in [-0.1, -0.05) is 20.8 Å². The fourth-order valence-corrected chi connectivity index (χ4v) is 2.04. The van der Waals surface area contributed by atoms with Gasteiger partial charge in [0.15, 0.2) is 0 Å². The van der Waals surface area contributed by atoms with Gasteiger partial charge in [0.2, 0.25) is 0 Å². The fourth-order valence-electron chi connectivity index (χ4n) is 2.04. The van der Waals surface area contributed by atoms with Gasteiger partial charge in [-0.15, -0.1) is 0 Å². The summed E-state index contributed by atoms with van der Waals surface area (Å²) in [4.78, 5) is 14.0. The highest BCUT2D eigenvalue weighted by Gasteiger charge is 2.27. The van der Waals surface area contributed by atoms with Gasteiger partial charge >= 0.3 is 6.09 Å². The van der Waals surface area contributed by atoms with Crippen LogP contribution in [0.1, 0.15) is 61.8 Å². The molecule has 1 atom stereocenters. The maximum atomic E-state index is 12.3. The highest BCUT2D eigenvalue weighted by molar-refractivity contribution is 5.69. The van der Waals surface area contributed by atoms with Crippen molar-refractivity contribution in [3.8, 4) is 0 Å². The zero-order chi connectivity index (χ0) is 16.0. The number of amides is 1. The van der Waals surface area contributed by atoms with Gasteiger partial charge in [-0.3, -0.25) is 0 Å². The Kier molecular flexibility index (Phi) is 7.87. The van der Waals surface area contributed by atoms with Crippen LogP contribution in [-0.2, 0) is 4.74 Å². The number of allylic oxidation sites excluding steroid dienone is 1. The Morgan fingerprint density at radius 1 is 1.10 bits per heavy atom. The summed E-state index contributed by atoms with van der Waals surface area (Å²) in [6, 6.07) is 0.115. The van der Waals surface area contributed by atoms with Crippen molar-refractivity contribution < 1.29 is 14.6 Å². The maximum absolute atomic E-state index is 12.3. The van der Waals surface area contributed by atoms with Gasteiger partial charge in [0.25, 0.3) is 0 Å². The van der Waals surface area contributed by atoms with Crippen LogP contribution in [0.4, 0.5) is 4.79 Å². The number of rotatable bonds is 6. The van der Waals surface area contributed by atoms with E-state index in [1.807, 2.05) is 55.4 Å². The summed E-state index contributed by atoms with van der Waals surface area (Å²) < 4.78 is 5.53. The number of nitrogens with zero attached hydrogens (tertiary/aromatic N) is 1. The van der Waals surface area contributed by atoms with Gasteiger partial charge in [0.05, 0.1) is 0 Å². The quantitative estimate of drug-likeness (QED) is 0.752. The topological polar surface area (TPSA) is 49.8 Å². The van der Waals surface area contributed by atoms with Crippen LogP contribution in [0.25, 0.3) is 0 Å². The molecule has 0 radical (unpaired) electrons. The lowest BCUT2D eigenvalue weighted by Crippen LogP contribution is -2.43. The van der Waals surface area contributed by atoms with Crippen molar-refractivity contribution in [1.29, 1.82) is 0 Å². The monoisotopic (exact) mass is 285 g/mol. The molecule has 0 unspecified atom stereocenters. The molecule has 0 spiro atoms. The molecule has 20 heavy (non-hydrogen) atoms. The molecule has 0 aromatic rings. The first-order valence-corrected chi connectivity index (χ1v) is 7.51. The van der Waals surface area contributed by atoms with Crippen LogP contribution in [0.2, 0.25) is 0 Å². The Morgan fingerprint density at radius 2 is 1.55 bits per heavy atom. The molecular weight excluding hydrogens is 254 g/mol. The molecule has 0 bridgehead atoms. The van der Waals surface area contributed by atoms with Gasteiger partial charge < -0.3 is 14.7 Å². The first-order valence-electron chi connectivity index (χ1n) is 7.51. The van der Waals surface area contributed by atoms with Gasteiger partial charge in [-0.25, -0.2) is 4.79 Å². The molecule has 1 amide bonds. The summed E-state index contributed by atoms with van der Waals surface area (Å²) >= 11 is 0. The Labute approximate surface area is 123 Å². The fraction of sp³-hybridized carbons (Fsp3) is 0.812. The maximum Gasteiger partial charge on any atom is 0.415 e. The second-order valence-corrected chi connectivity index (χ2v) is 6.15. The highest BCUT2D eigenvalue weighted by atomic mass is 16.6. The third kappa shape index (κ3) is 5.16. The molecule has 0 aliphatic carbocycles. The SMILES string of the molecule is CC/C(C)=C(\OC(=O)N(C(C)C)C(C)C)[C@H](O)C(C)C. The van der Waals surface area contributed by atoms with Crippen molar-refractivity contribution in [2.75, 3.05) is 0 Å². The van der Waals surface area contributed by atoms with E-state index in [-0.39, 0.29) is 18.0 Å². The molecule has 0 aliphatic rings. The number of hydrogen-bond donors (Lipinski definition) is 1. The van der Waals surface area contributed by atoms with E-state index >= 15 is 0 Å². The minimum absolute atomic E-state index is 0.00542. The smallest absolute Gasteiger partial charge is 0.412 e. The summed E-state index contributed by atoms with van der Waals surface area (Å²) in [6.45, 7) is 15.5. The molecule has 0 saturated heterocycles. The predicted molar refractivity (Wildman–Crippen MR) is 82.4 cm³/mol. The zero-order valence-corrected chi connectivity index (χ0v) is 14.2. The number of ether oxygens (including phenoxy) is 1. The lowest BCUT2D eigenvalue weighted by molar-refractivity contribution is 0.0588. The van der Waals surface area contributed by atoms with Crippen LogP contribution in [-0.4, -0.2) is 34.3 Å². The molecule has 0 saturated carbocycles. The van der Waals surface area contributed by atoms with Crippen molar-refractivity contribution in [3.05, 3.63) is 11.3 Å². The van der Waals surface area contributed by atoms with Crippen molar-refractivity contribution >= 4 is 6.09 Å². The minimum Gasteiger partial charge on any atom is -0.412 e. The lowest BCUT2D eigenvalue weighted by atomic mass is 10.0. The van der Waals surface area contributed by atoms with E-state index in [9.17, 15) is 9.90 Å². The molecule has 0 rings (SSSR count). The molecule has 0 aromatic carbocycles. The summed E-state index contributed by atoms with van der Waals surface area (Å²) in [6.07, 6.45) is -0.395. The summed E-state index contributed by atoms with van der Waals surface area (Å²) in [5.41, 5.74) is 0.909. The molecule has 0 heterocycles. The summed E-state index contributed by atoms with van der Waals surface area (Å²) in [5, 5.41) is 10.2. The Morgan fingerprint density at radius 3 is 1.85 bits per heavy atom. The van der Waals surface area contributed by atoms with Crippen LogP contribution < -0.4 is 0 Å². The molecule has 0 fully saturated rings. The molecule has 4 heteroatoms. The number of hydrogen-bond acceptors (Lipinski definition) is 3. The van der Waals surface area contributed by atoms with Gasteiger partial charge in [0, 0.05) is 12.1 Å². The van der Waals surface area contributed by atoms with Crippen molar-refractivity contribution in [2.45, 2.75) is 80.0 Å². The zero-order valence-electron chi connectivity index (χ0n) is 14.2. The van der Waals surface area contributed by atoms with E-state index in [0.29, 0.717) is 5.76 Å². The van der Waals surface area contributed by atoms with Crippen molar-refractivity contribution in [1.82, 2.24) is 4.90 Å². The first-order chi connectivity index (χ1) is 9.13. The molecule has 1 N–H and O–H groups in total. The van der Waals surface area contributed by atoms with Crippen molar-refractivity contribution in [3.63, 3.8) is 0 Å². The van der Waals surface area contributed by atoms with Crippen LogP contribution in [0.3, 0.4) is 0 Å². The average molecular weight is 285 g/mol. The number of carbonyl (C=O) groups excluding carboxylic acids is 1. The summed E-state index contributed by atoms with van der Waals surface area (Å²) in [5.74, 6) is 0.407. The van der Waals surface area contributed by atoms with E-state index in [0.717, 1.165) is 12.0 Å². The average Bonchev–Trinajstić information content (AvgIpc) is 2.32. The van der Waals surface area contributed by atoms with Crippen LogP contribution in [0, 0.1) is 5.92 Å². The van der Waals surface area contributed by atoms with Gasteiger partial charge in [-0.05, 0) is 52.5 Å². The van der Waals surface area contributed by atoms with Crippen LogP contribution >= 0.6 is 0 Å². The normalized spacial score (nSPS) is 14.6. The van der Waals surface area contributed by atoms with E-state index in [1.165, 1.54) is 0 Å². The second-order valence-electron chi connectivity index (χ2n) is 6.15. The third-order valence-corrected chi connectivity index (χ3v) is 3.37. The van der Waals surface area contributed by atoms with E-state index in [1.54, 1.807) is 4.90 Å². The minimum atomic E-state index is -0.750. The molecule has 4 nitrogen and oxygen atoms in total. The van der Waals surface area contributed by atoms with Gasteiger partial charge in [0.1, 0.15) is 11.9 Å². The van der Waals surface area contributed by atoms with E-state index < -0.39 is 12.2 Å². The molecule has 0 aliphatic heterocycles. The van der Waals surface area contributed by atoms with Gasteiger partial charge in [-0.2, -0.15) is 0 Å². The van der Waals surface area contributed by atoms with Crippen LogP contribution in [0.5, 0.6) is 0 Å². The highest BCUT2D eigenvalue weighted by Crippen LogP contribution is 2.21. The molecule has 118 valence electrons. The third-order valence-electron chi connectivity index (χ3n) is 3.37. The van der Waals surface area contributed by atoms with Crippen LogP contribution in [0.15, 0.2) is 11.3 Å². The first kappa shape index (κ1) is 19.0. The second kappa shape index (κ2) is 8.30. The number of carbonyl (C=O) groups is 1. The predicted octanol–water partition coefficient (Wildman–Crippen LogP) is 3.94. The Hall–Kier alpha value is -1.03. The largest absolute Gasteiger partial charge is 0.415 e. The van der Waals surface area contributed by atoms with E-state index in [2.05, 4.69) is 0 Å². The van der Waals surface area contributed by atoms with E-state index in [4.69, 9.17) is 4.74 Å². The molecule has 0 aromatic heterocycles. The Bertz CT molecular complexity index is 338. The molecular formula is C16H31NO3. The number of aliphatic hydroxyl groups excluding tert-OH is 1. The Balaban J connectivity index is 5.24. The lowest BCUT2D eigenvalue weighted by Gasteiger charge is -2.31. The summed E-state index contributed by atoms with van der Waals surface area (Å²) in [7, 11) is 0. The number of aliphatic hydroxyl groups is 1. The standard InChI is InChI=1S/C16H31NO3/c1-9-13(8)15(14(18)10(2)3)20-16(19)17(11(4)5)12(6)7/h10-12,14,18H,9H2,1-8H3/b15-13-/t14-/m1/s1. The van der Waals surface area contributed by atoms with Crippen molar-refractivity contribution in [2.24, 2.45) is 5.92 Å².